The minimum absolute atomic E-state index is 0.630. The zero-order chi connectivity index (χ0) is 8.55. The molecular formula is C8H7ClN2O. The van der Waals surface area contributed by atoms with Crippen molar-refractivity contribution >= 4 is 17.2 Å². The Labute approximate surface area is 74.6 Å². The molecule has 3 nitrogen and oxygen atoms in total. The Hall–Kier alpha value is -1.22. The zero-order valence-electron chi connectivity index (χ0n) is 6.49. The molecule has 0 saturated heterocycles. The maximum atomic E-state index is 5.83. The van der Waals surface area contributed by atoms with Crippen LogP contribution in [0.1, 0.15) is 0 Å². The molecule has 0 aliphatic carbocycles. The Bertz CT molecular complexity index is 410. The molecule has 0 aliphatic heterocycles. The quantitative estimate of drug-likeness (QED) is 0.675. The molecule has 0 radical (unpaired) electrons. The second kappa shape index (κ2) is 2.68. The standard InChI is InChI=1S/C8H7ClN2O/c1-12-8-5-6(9)4-7-10-2-3-11(7)8/h2-5H,1H3. The molecule has 2 aromatic heterocycles. The van der Waals surface area contributed by atoms with Crippen molar-refractivity contribution in [2.75, 3.05) is 7.11 Å². The third-order valence-corrected chi connectivity index (χ3v) is 1.86. The summed E-state index contributed by atoms with van der Waals surface area (Å²) in [5.41, 5.74) is 0.791. The lowest BCUT2D eigenvalue weighted by Crippen LogP contribution is -1.92. The maximum Gasteiger partial charge on any atom is 0.200 e. The normalized spacial score (nSPS) is 10.5. The van der Waals surface area contributed by atoms with Gasteiger partial charge < -0.3 is 4.74 Å². The summed E-state index contributed by atoms with van der Waals surface area (Å²) >= 11 is 5.83. The van der Waals surface area contributed by atoms with Crippen molar-refractivity contribution in [2.45, 2.75) is 0 Å². The van der Waals surface area contributed by atoms with E-state index < -0.39 is 0 Å². The van der Waals surface area contributed by atoms with Crippen LogP contribution < -0.4 is 4.74 Å². The van der Waals surface area contributed by atoms with Gasteiger partial charge in [-0.3, -0.25) is 4.40 Å². The van der Waals surface area contributed by atoms with Crippen molar-refractivity contribution in [2.24, 2.45) is 0 Å². The molecule has 4 heteroatoms. The van der Waals surface area contributed by atoms with E-state index in [1.165, 1.54) is 0 Å². The molecule has 0 amide bonds. The van der Waals surface area contributed by atoms with Crippen molar-refractivity contribution in [3.05, 3.63) is 29.5 Å². The van der Waals surface area contributed by atoms with Gasteiger partial charge >= 0.3 is 0 Å². The van der Waals surface area contributed by atoms with Gasteiger partial charge in [-0.25, -0.2) is 4.98 Å². The van der Waals surface area contributed by atoms with Gasteiger partial charge in [0, 0.05) is 29.5 Å². The maximum absolute atomic E-state index is 5.83. The molecular weight excluding hydrogens is 176 g/mol. The third kappa shape index (κ3) is 1.02. The molecule has 0 unspecified atom stereocenters. The lowest BCUT2D eigenvalue weighted by molar-refractivity contribution is 0.392. The summed E-state index contributed by atoms with van der Waals surface area (Å²) in [5.74, 6) is 0.690. The average molecular weight is 183 g/mol. The van der Waals surface area contributed by atoms with E-state index in [1.807, 2.05) is 10.6 Å². The van der Waals surface area contributed by atoms with Gasteiger partial charge in [0.2, 0.25) is 0 Å². The first-order valence-electron chi connectivity index (χ1n) is 3.48. The number of rotatable bonds is 1. The fourth-order valence-electron chi connectivity index (χ4n) is 1.12. The first-order chi connectivity index (χ1) is 5.81. The van der Waals surface area contributed by atoms with Crippen molar-refractivity contribution in [3.63, 3.8) is 0 Å². The smallest absolute Gasteiger partial charge is 0.200 e. The summed E-state index contributed by atoms with van der Waals surface area (Å²) in [4.78, 5) is 4.09. The van der Waals surface area contributed by atoms with Crippen LogP contribution in [-0.2, 0) is 0 Å². The average Bonchev–Trinajstić information content (AvgIpc) is 2.50. The number of fused-ring (bicyclic) bond motifs is 1. The number of aromatic nitrogens is 2. The molecule has 12 heavy (non-hydrogen) atoms. The van der Waals surface area contributed by atoms with E-state index in [1.54, 1.807) is 25.4 Å². The molecule has 0 N–H and O–H groups in total. The molecule has 2 aromatic rings. The molecule has 0 aromatic carbocycles. The first-order valence-corrected chi connectivity index (χ1v) is 3.85. The monoisotopic (exact) mass is 182 g/mol. The first kappa shape index (κ1) is 7.43. The van der Waals surface area contributed by atoms with Crippen molar-refractivity contribution in [1.29, 1.82) is 0 Å². The van der Waals surface area contributed by atoms with E-state index in [4.69, 9.17) is 16.3 Å². The minimum Gasteiger partial charge on any atom is -0.482 e. The number of nitrogens with zero attached hydrogens (tertiary/aromatic N) is 2. The van der Waals surface area contributed by atoms with Gasteiger partial charge in [0.1, 0.15) is 5.65 Å². The van der Waals surface area contributed by atoms with Crippen LogP contribution in [0.5, 0.6) is 5.88 Å². The fourth-order valence-corrected chi connectivity index (χ4v) is 1.31. The van der Waals surface area contributed by atoms with Gasteiger partial charge in [-0.05, 0) is 0 Å². The van der Waals surface area contributed by atoms with Gasteiger partial charge in [0.05, 0.1) is 7.11 Å². The number of hydrogen-bond acceptors (Lipinski definition) is 2. The highest BCUT2D eigenvalue weighted by Crippen LogP contribution is 2.20. The Morgan fingerprint density at radius 3 is 3.08 bits per heavy atom. The van der Waals surface area contributed by atoms with Crippen molar-refractivity contribution < 1.29 is 4.74 Å². The van der Waals surface area contributed by atoms with Crippen molar-refractivity contribution in [3.8, 4) is 5.88 Å². The van der Waals surface area contributed by atoms with Crippen LogP contribution in [0.15, 0.2) is 24.5 Å². The largest absolute Gasteiger partial charge is 0.482 e. The zero-order valence-corrected chi connectivity index (χ0v) is 7.25. The molecule has 0 aliphatic rings. The molecule has 0 saturated carbocycles. The number of ether oxygens (including phenoxy) is 1. The van der Waals surface area contributed by atoms with Crippen LogP contribution in [0.3, 0.4) is 0 Å². The fraction of sp³-hybridized carbons (Fsp3) is 0.125. The Morgan fingerprint density at radius 2 is 2.33 bits per heavy atom. The highest BCUT2D eigenvalue weighted by Gasteiger charge is 2.01. The Kier molecular flexibility index (Phi) is 1.66. The van der Waals surface area contributed by atoms with Crippen LogP contribution in [0.25, 0.3) is 5.65 Å². The topological polar surface area (TPSA) is 26.5 Å². The lowest BCUT2D eigenvalue weighted by atomic mass is 10.4. The number of methoxy groups -OCH3 is 1. The second-order valence-electron chi connectivity index (χ2n) is 2.37. The minimum atomic E-state index is 0.630. The van der Waals surface area contributed by atoms with E-state index in [0.29, 0.717) is 10.9 Å². The molecule has 0 fully saturated rings. The number of pyridine rings is 1. The Morgan fingerprint density at radius 1 is 1.50 bits per heavy atom. The van der Waals surface area contributed by atoms with Crippen LogP contribution in [-0.4, -0.2) is 16.5 Å². The van der Waals surface area contributed by atoms with Crippen LogP contribution in [0.4, 0.5) is 0 Å². The number of hydrogen-bond donors (Lipinski definition) is 0. The summed E-state index contributed by atoms with van der Waals surface area (Å²) in [6.45, 7) is 0. The molecule has 62 valence electrons. The van der Waals surface area contributed by atoms with Gasteiger partial charge in [-0.2, -0.15) is 0 Å². The van der Waals surface area contributed by atoms with E-state index in [2.05, 4.69) is 4.98 Å². The summed E-state index contributed by atoms with van der Waals surface area (Å²) in [6, 6.07) is 3.53. The molecule has 0 atom stereocenters. The molecule has 0 spiro atoms. The highest BCUT2D eigenvalue weighted by molar-refractivity contribution is 6.31. The Balaban J connectivity index is 2.80. The molecule has 0 bridgehead atoms. The van der Waals surface area contributed by atoms with E-state index in [0.717, 1.165) is 5.65 Å². The van der Waals surface area contributed by atoms with Gasteiger partial charge in [-0.15, -0.1) is 0 Å². The van der Waals surface area contributed by atoms with Gasteiger partial charge in [-0.1, -0.05) is 11.6 Å². The summed E-state index contributed by atoms with van der Waals surface area (Å²) < 4.78 is 6.93. The van der Waals surface area contributed by atoms with Gasteiger partial charge in [0.15, 0.2) is 5.88 Å². The summed E-state index contributed by atoms with van der Waals surface area (Å²) in [6.07, 6.45) is 3.53. The third-order valence-electron chi connectivity index (χ3n) is 1.64. The number of imidazole rings is 1. The summed E-state index contributed by atoms with van der Waals surface area (Å²) in [5, 5.41) is 0.630. The lowest BCUT2D eigenvalue weighted by Gasteiger charge is -2.03. The second-order valence-corrected chi connectivity index (χ2v) is 2.81. The van der Waals surface area contributed by atoms with E-state index in [-0.39, 0.29) is 0 Å². The van der Waals surface area contributed by atoms with Crippen LogP contribution in [0.2, 0.25) is 5.02 Å². The van der Waals surface area contributed by atoms with Crippen molar-refractivity contribution in [1.82, 2.24) is 9.38 Å². The number of halogens is 1. The van der Waals surface area contributed by atoms with Gasteiger partial charge in [0.25, 0.3) is 0 Å². The predicted molar refractivity (Wildman–Crippen MR) is 46.8 cm³/mol. The molecule has 2 rings (SSSR count). The summed E-state index contributed by atoms with van der Waals surface area (Å²) in [7, 11) is 1.60. The van der Waals surface area contributed by atoms with E-state index >= 15 is 0 Å². The van der Waals surface area contributed by atoms with Crippen LogP contribution in [0, 0.1) is 0 Å². The highest BCUT2D eigenvalue weighted by atomic mass is 35.5. The SMILES string of the molecule is COc1cc(Cl)cc2nccn12. The molecule has 2 heterocycles. The van der Waals surface area contributed by atoms with Crippen LogP contribution >= 0.6 is 11.6 Å². The predicted octanol–water partition coefficient (Wildman–Crippen LogP) is 2.00. The van der Waals surface area contributed by atoms with E-state index in [9.17, 15) is 0 Å².